The van der Waals surface area contributed by atoms with Crippen LogP contribution in [0.2, 0.25) is 0 Å². The maximum Gasteiger partial charge on any atom is 0.334 e. The highest BCUT2D eigenvalue weighted by Crippen LogP contribution is 2.09. The Labute approximate surface area is 106 Å². The molecule has 0 aromatic heterocycles. The summed E-state index contributed by atoms with van der Waals surface area (Å²) in [5.74, 6) is -1.38. The van der Waals surface area contributed by atoms with E-state index in [-0.39, 0.29) is 25.9 Å². The van der Waals surface area contributed by atoms with Crippen LogP contribution in [-0.2, 0) is 33.4 Å². The topological polar surface area (TPSA) is 124 Å². The zero-order chi connectivity index (χ0) is 14.4. The highest BCUT2D eigenvalue weighted by Gasteiger charge is 2.22. The summed E-state index contributed by atoms with van der Waals surface area (Å²) in [4.78, 5) is 10.7. The van der Waals surface area contributed by atoms with E-state index in [1.54, 1.807) is 0 Å². The molecule has 0 spiro atoms. The third kappa shape index (κ3) is 10.4. The second-order valence-corrected chi connectivity index (χ2v) is 6.89. The van der Waals surface area contributed by atoms with E-state index >= 15 is 0 Å². The van der Waals surface area contributed by atoms with E-state index in [2.05, 4.69) is 8.37 Å². The van der Waals surface area contributed by atoms with Crippen molar-refractivity contribution >= 4 is 26.2 Å². The van der Waals surface area contributed by atoms with E-state index in [9.17, 15) is 21.6 Å². The van der Waals surface area contributed by atoms with Gasteiger partial charge in [0, 0.05) is 0 Å². The Morgan fingerprint density at radius 2 is 1.67 bits per heavy atom. The molecule has 0 heterocycles. The molecule has 0 bridgehead atoms. The third-order valence-corrected chi connectivity index (χ3v) is 2.90. The fourth-order valence-corrected chi connectivity index (χ4v) is 2.09. The van der Waals surface area contributed by atoms with Gasteiger partial charge >= 0.3 is 5.97 Å². The van der Waals surface area contributed by atoms with Crippen LogP contribution in [0, 0.1) is 0 Å². The van der Waals surface area contributed by atoms with Gasteiger partial charge in [-0.3, -0.25) is 8.37 Å². The lowest BCUT2D eigenvalue weighted by molar-refractivity contribution is -0.145. The molecule has 1 atom stereocenters. The molecule has 0 saturated heterocycles. The second kappa shape index (κ2) is 7.02. The van der Waals surface area contributed by atoms with Crippen molar-refractivity contribution in [2.45, 2.75) is 25.4 Å². The maximum absolute atomic E-state index is 10.8. The van der Waals surface area contributed by atoms with Crippen LogP contribution in [0.25, 0.3) is 0 Å². The molecule has 0 radical (unpaired) electrons. The quantitative estimate of drug-likeness (QED) is 0.449. The largest absolute Gasteiger partial charge is 0.479 e. The van der Waals surface area contributed by atoms with Crippen LogP contribution in [-0.4, -0.2) is 53.1 Å². The van der Waals surface area contributed by atoms with Gasteiger partial charge in [0.25, 0.3) is 20.2 Å². The van der Waals surface area contributed by atoms with E-state index in [1.807, 2.05) is 0 Å². The Balaban J connectivity index is 4.04. The number of carboxylic acids is 1. The fourth-order valence-electron chi connectivity index (χ4n) is 1.07. The molecular formula is C8H16O8S2. The smallest absolute Gasteiger partial charge is 0.334 e. The van der Waals surface area contributed by atoms with Crippen LogP contribution >= 0.6 is 0 Å². The summed E-state index contributed by atoms with van der Waals surface area (Å²) in [6.07, 6.45) is 0.704. The molecule has 0 fully saturated rings. The van der Waals surface area contributed by atoms with Gasteiger partial charge in [-0.1, -0.05) is 0 Å². The van der Waals surface area contributed by atoms with E-state index in [0.717, 1.165) is 12.5 Å². The number of unbranched alkanes of at least 4 members (excludes halogenated alkanes) is 1. The van der Waals surface area contributed by atoms with Crippen LogP contribution in [0.1, 0.15) is 19.3 Å². The van der Waals surface area contributed by atoms with Gasteiger partial charge in [0.2, 0.25) is 0 Å². The molecular weight excluding hydrogens is 288 g/mol. The number of rotatable bonds is 9. The molecule has 1 unspecified atom stereocenters. The molecule has 0 aliphatic rings. The van der Waals surface area contributed by atoms with Crippen molar-refractivity contribution in [2.75, 3.05) is 19.1 Å². The Morgan fingerprint density at radius 3 is 2.06 bits per heavy atom. The number of carboxylic acid groups (broad SMARTS) is 1. The van der Waals surface area contributed by atoms with Crippen LogP contribution in [0.4, 0.5) is 0 Å². The molecule has 0 aliphatic heterocycles. The molecule has 0 rings (SSSR count). The van der Waals surface area contributed by atoms with Crippen LogP contribution in [0.3, 0.4) is 0 Å². The number of hydrogen-bond acceptors (Lipinski definition) is 7. The van der Waals surface area contributed by atoms with Crippen molar-refractivity contribution in [3.8, 4) is 0 Å². The summed E-state index contributed by atoms with van der Waals surface area (Å²) < 4.78 is 51.6. The average Bonchev–Trinajstić information content (AvgIpc) is 2.11. The van der Waals surface area contributed by atoms with Crippen molar-refractivity contribution in [3.05, 3.63) is 0 Å². The van der Waals surface area contributed by atoms with Gasteiger partial charge in [-0.25, -0.2) is 4.79 Å². The van der Waals surface area contributed by atoms with Gasteiger partial charge in [-0.2, -0.15) is 16.8 Å². The zero-order valence-electron chi connectivity index (χ0n) is 10.0. The lowest BCUT2D eigenvalue weighted by Crippen LogP contribution is -2.26. The molecule has 18 heavy (non-hydrogen) atoms. The highest BCUT2D eigenvalue weighted by molar-refractivity contribution is 7.86. The molecule has 108 valence electrons. The summed E-state index contributed by atoms with van der Waals surface area (Å²) in [6.45, 7) is -0.0793. The molecule has 0 saturated carbocycles. The summed E-state index contributed by atoms with van der Waals surface area (Å²) in [6, 6.07) is 0. The molecule has 8 nitrogen and oxygen atoms in total. The second-order valence-electron chi connectivity index (χ2n) is 3.65. The lowest BCUT2D eigenvalue weighted by atomic mass is 10.1. The van der Waals surface area contributed by atoms with Crippen LogP contribution in [0.15, 0.2) is 0 Å². The minimum absolute atomic E-state index is 0.0461. The Bertz CT molecular complexity index is 463. The number of carbonyl (C=O) groups is 1. The van der Waals surface area contributed by atoms with Gasteiger partial charge in [-0.15, -0.1) is 0 Å². The van der Waals surface area contributed by atoms with Crippen molar-refractivity contribution < 1.29 is 35.1 Å². The molecule has 0 aromatic carbocycles. The zero-order valence-corrected chi connectivity index (χ0v) is 11.7. The Hall–Kier alpha value is -0.710. The van der Waals surface area contributed by atoms with Gasteiger partial charge in [0.15, 0.2) is 6.10 Å². The molecule has 0 amide bonds. The molecule has 1 N–H and O–H groups in total. The van der Waals surface area contributed by atoms with Gasteiger partial charge in [0.05, 0.1) is 19.1 Å². The number of aliphatic carboxylic acids is 1. The first-order chi connectivity index (χ1) is 8.01. The summed E-state index contributed by atoms with van der Waals surface area (Å²) in [5.41, 5.74) is 0. The minimum Gasteiger partial charge on any atom is -0.479 e. The van der Waals surface area contributed by atoms with Crippen LogP contribution < -0.4 is 0 Å². The Morgan fingerprint density at radius 1 is 1.11 bits per heavy atom. The average molecular weight is 304 g/mol. The summed E-state index contributed by atoms with van der Waals surface area (Å²) >= 11 is 0. The van der Waals surface area contributed by atoms with E-state index in [1.165, 1.54) is 0 Å². The van der Waals surface area contributed by atoms with Crippen molar-refractivity contribution in [3.63, 3.8) is 0 Å². The van der Waals surface area contributed by atoms with Crippen LogP contribution in [0.5, 0.6) is 0 Å². The minimum atomic E-state index is -3.84. The SMILES string of the molecule is CS(=O)(=O)OCCCCC(OS(C)(=O)=O)C(=O)O. The van der Waals surface area contributed by atoms with Gasteiger partial charge in [0.1, 0.15) is 0 Å². The normalized spacial score (nSPS) is 14.3. The highest BCUT2D eigenvalue weighted by atomic mass is 32.2. The number of hydrogen-bond donors (Lipinski definition) is 1. The van der Waals surface area contributed by atoms with Crippen molar-refractivity contribution in [1.82, 2.24) is 0 Å². The van der Waals surface area contributed by atoms with E-state index < -0.39 is 32.3 Å². The van der Waals surface area contributed by atoms with Gasteiger partial charge < -0.3 is 5.11 Å². The van der Waals surface area contributed by atoms with Gasteiger partial charge in [-0.05, 0) is 19.3 Å². The fraction of sp³-hybridized carbons (Fsp3) is 0.875. The first-order valence-corrected chi connectivity index (χ1v) is 8.60. The maximum atomic E-state index is 10.8. The summed E-state index contributed by atoms with van der Waals surface area (Å²) in [7, 11) is -7.36. The monoisotopic (exact) mass is 304 g/mol. The molecule has 0 aromatic rings. The standard InChI is InChI=1S/C8H16O8S2/c1-17(11,12)15-6-4-3-5-7(8(9)10)16-18(2,13)14/h7H,3-6H2,1-2H3,(H,9,10). The molecule has 10 heteroatoms. The van der Waals surface area contributed by atoms with E-state index in [0.29, 0.717) is 0 Å². The first kappa shape index (κ1) is 17.3. The van der Waals surface area contributed by atoms with Crippen molar-refractivity contribution in [1.29, 1.82) is 0 Å². The predicted octanol–water partition coefficient (Wildman–Crippen LogP) is -0.438. The first-order valence-electron chi connectivity index (χ1n) is 4.97. The lowest BCUT2D eigenvalue weighted by Gasteiger charge is -2.11. The summed E-state index contributed by atoms with van der Waals surface area (Å²) in [5, 5.41) is 8.71. The van der Waals surface area contributed by atoms with Crippen molar-refractivity contribution in [2.24, 2.45) is 0 Å². The Kier molecular flexibility index (Phi) is 6.74. The van der Waals surface area contributed by atoms with E-state index in [4.69, 9.17) is 5.11 Å². The predicted molar refractivity (Wildman–Crippen MR) is 62.0 cm³/mol. The molecule has 0 aliphatic carbocycles. The third-order valence-electron chi connectivity index (χ3n) is 1.72.